The number of hydrogen-bond acceptors (Lipinski definition) is 1. The smallest absolute Gasteiger partial charge is 0.0847 e. The largest absolute Gasteiger partial charge is 0.198 e. The Bertz CT molecular complexity index is 1230. The molecule has 0 fully saturated rings. The maximum atomic E-state index is 10.6. The Hall–Kier alpha value is -3.29. The molecule has 4 aromatic rings. The zero-order chi connectivity index (χ0) is 23.2. The van der Waals surface area contributed by atoms with Crippen molar-refractivity contribution in [1.82, 2.24) is 0 Å². The first kappa shape index (κ1) is 22.5. The third-order valence-corrected chi connectivity index (χ3v) is 11.3. The standard InChI is InChI=1S/C31H25NP2/c32-24-31(34(27-18-9-3-10-19-27)28-20-11-4-12-21-28)29-22-13-23-30(29)33(25-14-5-1-6-15-25)26-16-7-2-8-17-26/h1-23,29,31H. The van der Waals surface area contributed by atoms with Crippen molar-refractivity contribution in [2.75, 3.05) is 0 Å². The molecule has 0 saturated heterocycles. The normalized spacial score (nSPS) is 15.8. The molecule has 0 saturated carbocycles. The number of benzene rings is 4. The van der Waals surface area contributed by atoms with Gasteiger partial charge in [-0.15, -0.1) is 0 Å². The molecule has 0 bridgehead atoms. The number of nitriles is 1. The molecule has 1 aliphatic carbocycles. The number of rotatable bonds is 7. The maximum Gasteiger partial charge on any atom is 0.0847 e. The summed E-state index contributed by atoms with van der Waals surface area (Å²) in [7, 11) is -1.59. The highest BCUT2D eigenvalue weighted by molar-refractivity contribution is 7.77. The van der Waals surface area contributed by atoms with Crippen molar-refractivity contribution in [1.29, 1.82) is 5.26 Å². The lowest BCUT2D eigenvalue weighted by Crippen LogP contribution is -2.28. The van der Waals surface area contributed by atoms with Crippen LogP contribution in [-0.4, -0.2) is 5.66 Å². The van der Waals surface area contributed by atoms with Crippen molar-refractivity contribution in [2.45, 2.75) is 5.66 Å². The third-order valence-electron chi connectivity index (χ3n) is 6.03. The molecule has 1 aliphatic rings. The average Bonchev–Trinajstić information content (AvgIpc) is 3.38. The summed E-state index contributed by atoms with van der Waals surface area (Å²) in [4.78, 5) is 0. The van der Waals surface area contributed by atoms with E-state index in [9.17, 15) is 5.26 Å². The van der Waals surface area contributed by atoms with Gasteiger partial charge in [-0.25, -0.2) is 0 Å². The van der Waals surface area contributed by atoms with Gasteiger partial charge in [-0.2, -0.15) is 5.26 Å². The molecule has 0 heterocycles. The summed E-state index contributed by atoms with van der Waals surface area (Å²) in [5, 5.41) is 17.1. The summed E-state index contributed by atoms with van der Waals surface area (Å²) >= 11 is 0. The summed E-state index contributed by atoms with van der Waals surface area (Å²) in [6.45, 7) is 0. The lowest BCUT2D eigenvalue weighted by atomic mass is 10.1. The van der Waals surface area contributed by atoms with E-state index in [-0.39, 0.29) is 11.6 Å². The van der Waals surface area contributed by atoms with Crippen molar-refractivity contribution in [3.8, 4) is 6.07 Å². The van der Waals surface area contributed by atoms with Crippen molar-refractivity contribution in [3.05, 3.63) is 145 Å². The minimum Gasteiger partial charge on any atom is -0.198 e. The highest BCUT2D eigenvalue weighted by atomic mass is 31.1. The molecule has 0 N–H and O–H groups in total. The Morgan fingerprint density at radius 3 is 1.41 bits per heavy atom. The SMILES string of the molecule is N#CC(C1C=CC=C1P(c1ccccc1)c1ccccc1)P(c1ccccc1)c1ccccc1. The van der Waals surface area contributed by atoms with Gasteiger partial charge in [0.25, 0.3) is 0 Å². The number of hydrogen-bond donors (Lipinski definition) is 0. The van der Waals surface area contributed by atoms with E-state index in [0.29, 0.717) is 0 Å². The Morgan fingerprint density at radius 1 is 0.588 bits per heavy atom. The van der Waals surface area contributed by atoms with Crippen LogP contribution in [0.2, 0.25) is 0 Å². The van der Waals surface area contributed by atoms with Gasteiger partial charge in [-0.1, -0.05) is 140 Å². The van der Waals surface area contributed by atoms with Crippen LogP contribution in [0.25, 0.3) is 0 Å². The molecule has 0 aliphatic heterocycles. The Morgan fingerprint density at radius 2 is 1.00 bits per heavy atom. The minimum absolute atomic E-state index is 0.0723. The Kier molecular flexibility index (Phi) is 7.12. The Balaban J connectivity index is 1.60. The first-order chi connectivity index (χ1) is 16.9. The Labute approximate surface area is 204 Å². The predicted octanol–water partition coefficient (Wildman–Crippen LogP) is 6.21. The molecular weight excluding hydrogens is 448 g/mol. The summed E-state index contributed by atoms with van der Waals surface area (Å²) < 4.78 is 0. The fourth-order valence-electron chi connectivity index (χ4n) is 4.52. The summed E-state index contributed by atoms with van der Waals surface area (Å²) in [5.74, 6) is 0.0723. The van der Waals surface area contributed by atoms with Crippen LogP contribution in [0.5, 0.6) is 0 Å². The van der Waals surface area contributed by atoms with E-state index in [1.165, 1.54) is 26.5 Å². The van der Waals surface area contributed by atoms with Crippen molar-refractivity contribution in [3.63, 3.8) is 0 Å². The molecule has 3 heteroatoms. The van der Waals surface area contributed by atoms with E-state index < -0.39 is 15.8 Å². The van der Waals surface area contributed by atoms with Gasteiger partial charge in [-0.3, -0.25) is 0 Å². The van der Waals surface area contributed by atoms with Gasteiger partial charge in [0.05, 0.1) is 11.7 Å². The van der Waals surface area contributed by atoms with Crippen LogP contribution in [0.4, 0.5) is 0 Å². The highest BCUT2D eigenvalue weighted by Crippen LogP contribution is 2.55. The summed E-state index contributed by atoms with van der Waals surface area (Å²) in [6.07, 6.45) is 6.69. The second-order valence-electron chi connectivity index (χ2n) is 8.12. The average molecular weight is 473 g/mol. The van der Waals surface area contributed by atoms with Crippen LogP contribution in [0.3, 0.4) is 0 Å². The molecule has 0 aromatic heterocycles. The van der Waals surface area contributed by atoms with Gasteiger partial charge in [-0.05, 0) is 42.4 Å². The van der Waals surface area contributed by atoms with E-state index in [0.717, 1.165) is 0 Å². The van der Waals surface area contributed by atoms with Crippen LogP contribution in [0.1, 0.15) is 0 Å². The van der Waals surface area contributed by atoms with Gasteiger partial charge in [0.15, 0.2) is 0 Å². The van der Waals surface area contributed by atoms with Crippen molar-refractivity contribution >= 4 is 37.1 Å². The van der Waals surface area contributed by atoms with Gasteiger partial charge >= 0.3 is 0 Å². The van der Waals surface area contributed by atoms with Crippen LogP contribution < -0.4 is 21.2 Å². The molecule has 4 aromatic carbocycles. The second-order valence-corrected chi connectivity index (χ2v) is 12.7. The van der Waals surface area contributed by atoms with E-state index in [1.807, 2.05) is 12.1 Å². The van der Waals surface area contributed by atoms with Gasteiger partial charge < -0.3 is 0 Å². The summed E-state index contributed by atoms with van der Waals surface area (Å²) in [5.41, 5.74) is -0.151. The molecule has 1 nitrogen and oxygen atoms in total. The molecule has 0 amide bonds. The lowest BCUT2D eigenvalue weighted by Gasteiger charge is -2.32. The zero-order valence-electron chi connectivity index (χ0n) is 18.8. The first-order valence-corrected chi connectivity index (χ1v) is 14.2. The van der Waals surface area contributed by atoms with Crippen LogP contribution in [0.15, 0.2) is 145 Å². The lowest BCUT2D eigenvalue weighted by molar-refractivity contribution is 0.851. The maximum absolute atomic E-state index is 10.6. The van der Waals surface area contributed by atoms with Crippen LogP contribution >= 0.6 is 15.8 Å². The number of nitrogens with zero attached hydrogens (tertiary/aromatic N) is 1. The minimum atomic E-state index is -0.857. The van der Waals surface area contributed by atoms with Gasteiger partial charge in [0.1, 0.15) is 0 Å². The van der Waals surface area contributed by atoms with E-state index >= 15 is 0 Å². The van der Waals surface area contributed by atoms with E-state index in [2.05, 4.69) is 133 Å². The molecular formula is C31H25NP2. The van der Waals surface area contributed by atoms with E-state index in [1.54, 1.807) is 0 Å². The monoisotopic (exact) mass is 473 g/mol. The topological polar surface area (TPSA) is 23.8 Å². The molecule has 34 heavy (non-hydrogen) atoms. The quantitative estimate of drug-likeness (QED) is 0.293. The van der Waals surface area contributed by atoms with Gasteiger partial charge in [0, 0.05) is 5.92 Å². The molecule has 164 valence electrons. The zero-order valence-corrected chi connectivity index (χ0v) is 20.6. The first-order valence-electron chi connectivity index (χ1n) is 11.4. The van der Waals surface area contributed by atoms with Gasteiger partial charge in [0.2, 0.25) is 0 Å². The summed E-state index contributed by atoms with van der Waals surface area (Å²) in [6, 6.07) is 45.5. The molecule has 2 unspecified atom stereocenters. The molecule has 2 atom stereocenters. The van der Waals surface area contributed by atoms with Crippen molar-refractivity contribution in [2.24, 2.45) is 5.92 Å². The predicted molar refractivity (Wildman–Crippen MR) is 148 cm³/mol. The highest BCUT2D eigenvalue weighted by Gasteiger charge is 2.37. The fourth-order valence-corrected chi connectivity index (χ4v) is 9.87. The molecule has 5 rings (SSSR count). The van der Waals surface area contributed by atoms with Crippen LogP contribution in [-0.2, 0) is 0 Å². The molecule has 0 spiro atoms. The van der Waals surface area contributed by atoms with Crippen LogP contribution in [0, 0.1) is 17.2 Å². The number of allylic oxidation sites excluding steroid dienone is 4. The van der Waals surface area contributed by atoms with E-state index in [4.69, 9.17) is 0 Å². The molecule has 0 radical (unpaired) electrons. The van der Waals surface area contributed by atoms with Crippen molar-refractivity contribution < 1.29 is 0 Å². The fraction of sp³-hybridized carbons (Fsp3) is 0.0645. The third kappa shape index (κ3) is 4.67. The second kappa shape index (κ2) is 10.8.